The van der Waals surface area contributed by atoms with Gasteiger partial charge >= 0.3 is 0 Å². The van der Waals surface area contributed by atoms with Crippen molar-refractivity contribution in [2.24, 2.45) is 0 Å². The van der Waals surface area contributed by atoms with E-state index in [2.05, 4.69) is 44.7 Å². The number of amides is 1. The predicted octanol–water partition coefficient (Wildman–Crippen LogP) is 2.36. The fraction of sp³-hybridized carbons (Fsp3) is 0.333. The van der Waals surface area contributed by atoms with Gasteiger partial charge in [0, 0.05) is 31.8 Å². The minimum Gasteiger partial charge on any atom is -0.378 e. The molecule has 106 valence electrons. The fourth-order valence-electron chi connectivity index (χ4n) is 1.89. The number of nitrogens with zero attached hydrogens (tertiary/aromatic N) is 2. The number of aromatic nitrogens is 2. The summed E-state index contributed by atoms with van der Waals surface area (Å²) in [5.41, 5.74) is 3.26. The van der Waals surface area contributed by atoms with Crippen molar-refractivity contribution in [1.29, 1.82) is 0 Å². The standard InChI is InChI=1S/C15H20N4O/c1-11-10-16-18-15(11)17-14(20)9-6-12-4-7-13(8-5-12)19(2)3/h4-5,7-8,10H,6,9H2,1-3H3,(H2,16,17,18,20). The van der Waals surface area contributed by atoms with Gasteiger partial charge in [-0.05, 0) is 31.0 Å². The summed E-state index contributed by atoms with van der Waals surface area (Å²) in [6.07, 6.45) is 2.88. The van der Waals surface area contributed by atoms with Crippen molar-refractivity contribution in [2.75, 3.05) is 24.3 Å². The van der Waals surface area contributed by atoms with Gasteiger partial charge in [-0.25, -0.2) is 0 Å². The Hall–Kier alpha value is -2.30. The van der Waals surface area contributed by atoms with Crippen molar-refractivity contribution >= 4 is 17.4 Å². The zero-order chi connectivity index (χ0) is 14.5. The normalized spacial score (nSPS) is 10.3. The van der Waals surface area contributed by atoms with Gasteiger partial charge in [-0.15, -0.1) is 0 Å². The number of hydrogen-bond acceptors (Lipinski definition) is 3. The van der Waals surface area contributed by atoms with Gasteiger partial charge in [0.2, 0.25) is 5.91 Å². The quantitative estimate of drug-likeness (QED) is 0.878. The summed E-state index contributed by atoms with van der Waals surface area (Å²) in [6, 6.07) is 8.24. The Kier molecular flexibility index (Phi) is 4.40. The molecule has 2 rings (SSSR count). The minimum atomic E-state index is -0.00552. The number of carbonyl (C=O) groups excluding carboxylic acids is 1. The number of nitrogens with one attached hydrogen (secondary N) is 2. The topological polar surface area (TPSA) is 61.0 Å². The van der Waals surface area contributed by atoms with E-state index < -0.39 is 0 Å². The van der Waals surface area contributed by atoms with Crippen LogP contribution in [0.2, 0.25) is 0 Å². The molecule has 2 N–H and O–H groups in total. The van der Waals surface area contributed by atoms with Crippen LogP contribution in [0.25, 0.3) is 0 Å². The van der Waals surface area contributed by atoms with E-state index in [-0.39, 0.29) is 5.91 Å². The third-order valence-electron chi connectivity index (χ3n) is 3.19. The number of H-pyrrole nitrogens is 1. The zero-order valence-corrected chi connectivity index (χ0v) is 12.1. The Morgan fingerprint density at radius 2 is 2.00 bits per heavy atom. The molecule has 0 spiro atoms. The number of anilines is 2. The number of aryl methyl sites for hydroxylation is 2. The van der Waals surface area contributed by atoms with Gasteiger partial charge in [-0.1, -0.05) is 12.1 Å². The minimum absolute atomic E-state index is 0.00552. The molecule has 1 amide bonds. The SMILES string of the molecule is Cc1cn[nH]c1NC(=O)CCc1ccc(N(C)C)cc1. The summed E-state index contributed by atoms with van der Waals surface area (Å²) in [6.45, 7) is 1.90. The van der Waals surface area contributed by atoms with Crippen LogP contribution in [0, 0.1) is 6.92 Å². The molecule has 1 aromatic heterocycles. The van der Waals surface area contributed by atoms with Crippen molar-refractivity contribution in [1.82, 2.24) is 10.2 Å². The van der Waals surface area contributed by atoms with Crippen molar-refractivity contribution < 1.29 is 4.79 Å². The van der Waals surface area contributed by atoms with Gasteiger partial charge < -0.3 is 10.2 Å². The lowest BCUT2D eigenvalue weighted by molar-refractivity contribution is -0.116. The second-order valence-electron chi connectivity index (χ2n) is 5.04. The van der Waals surface area contributed by atoms with E-state index >= 15 is 0 Å². The lowest BCUT2D eigenvalue weighted by atomic mass is 10.1. The van der Waals surface area contributed by atoms with Gasteiger partial charge in [0.25, 0.3) is 0 Å². The van der Waals surface area contributed by atoms with Crippen LogP contribution in [0.4, 0.5) is 11.5 Å². The van der Waals surface area contributed by atoms with Gasteiger partial charge in [0.1, 0.15) is 5.82 Å². The summed E-state index contributed by atoms with van der Waals surface area (Å²) >= 11 is 0. The summed E-state index contributed by atoms with van der Waals surface area (Å²) in [5.74, 6) is 0.673. The number of benzene rings is 1. The van der Waals surface area contributed by atoms with E-state index in [1.54, 1.807) is 6.20 Å². The van der Waals surface area contributed by atoms with E-state index in [4.69, 9.17) is 0 Å². The lowest BCUT2D eigenvalue weighted by Crippen LogP contribution is -2.13. The van der Waals surface area contributed by atoms with Crippen LogP contribution >= 0.6 is 0 Å². The Labute approximate surface area is 119 Å². The monoisotopic (exact) mass is 272 g/mol. The van der Waals surface area contributed by atoms with Crippen LogP contribution in [-0.2, 0) is 11.2 Å². The maximum atomic E-state index is 11.8. The molecule has 0 aliphatic heterocycles. The molecule has 0 saturated carbocycles. The average molecular weight is 272 g/mol. The van der Waals surface area contributed by atoms with Crippen LogP contribution in [0.5, 0.6) is 0 Å². The molecule has 20 heavy (non-hydrogen) atoms. The number of hydrogen-bond donors (Lipinski definition) is 2. The molecule has 0 fully saturated rings. The summed E-state index contributed by atoms with van der Waals surface area (Å²) < 4.78 is 0. The highest BCUT2D eigenvalue weighted by molar-refractivity contribution is 5.90. The Bertz CT molecular complexity index is 572. The van der Waals surface area contributed by atoms with Crippen molar-refractivity contribution in [2.45, 2.75) is 19.8 Å². The van der Waals surface area contributed by atoms with Crippen LogP contribution < -0.4 is 10.2 Å². The summed E-state index contributed by atoms with van der Waals surface area (Å²) in [5, 5.41) is 9.47. The molecule has 0 saturated heterocycles. The third-order valence-corrected chi connectivity index (χ3v) is 3.19. The van der Waals surface area contributed by atoms with Gasteiger partial charge in [-0.3, -0.25) is 9.89 Å². The lowest BCUT2D eigenvalue weighted by Gasteiger charge is -2.12. The molecule has 0 aliphatic carbocycles. The summed E-state index contributed by atoms with van der Waals surface area (Å²) in [4.78, 5) is 13.9. The third kappa shape index (κ3) is 3.60. The van der Waals surface area contributed by atoms with E-state index in [1.807, 2.05) is 21.0 Å². The maximum Gasteiger partial charge on any atom is 0.225 e. The second-order valence-corrected chi connectivity index (χ2v) is 5.04. The molecule has 0 atom stereocenters. The van der Waals surface area contributed by atoms with E-state index in [9.17, 15) is 4.79 Å². The molecule has 0 radical (unpaired) electrons. The Balaban J connectivity index is 1.85. The van der Waals surface area contributed by atoms with Crippen LogP contribution in [0.3, 0.4) is 0 Å². The first-order valence-electron chi connectivity index (χ1n) is 6.62. The first-order valence-corrected chi connectivity index (χ1v) is 6.62. The van der Waals surface area contributed by atoms with Gasteiger partial charge in [0.15, 0.2) is 0 Å². The predicted molar refractivity (Wildman–Crippen MR) is 81.0 cm³/mol. The van der Waals surface area contributed by atoms with E-state index in [0.717, 1.165) is 23.2 Å². The maximum absolute atomic E-state index is 11.8. The molecule has 5 nitrogen and oxygen atoms in total. The Morgan fingerprint density at radius 3 is 2.55 bits per heavy atom. The smallest absolute Gasteiger partial charge is 0.225 e. The summed E-state index contributed by atoms with van der Waals surface area (Å²) in [7, 11) is 4.02. The highest BCUT2D eigenvalue weighted by atomic mass is 16.1. The first kappa shape index (κ1) is 14.1. The molecule has 1 aromatic carbocycles. The van der Waals surface area contributed by atoms with Crippen molar-refractivity contribution in [3.05, 3.63) is 41.6 Å². The Morgan fingerprint density at radius 1 is 1.30 bits per heavy atom. The van der Waals surface area contributed by atoms with Crippen molar-refractivity contribution in [3.63, 3.8) is 0 Å². The first-order chi connectivity index (χ1) is 9.56. The molecule has 0 bridgehead atoms. The fourth-order valence-corrected chi connectivity index (χ4v) is 1.89. The second kappa shape index (κ2) is 6.23. The molecule has 2 aromatic rings. The van der Waals surface area contributed by atoms with E-state index in [1.165, 1.54) is 0 Å². The number of aromatic amines is 1. The average Bonchev–Trinajstić information content (AvgIpc) is 2.82. The molecule has 0 unspecified atom stereocenters. The van der Waals surface area contributed by atoms with Gasteiger partial charge in [-0.2, -0.15) is 5.10 Å². The molecule has 0 aliphatic rings. The number of carbonyl (C=O) groups is 1. The van der Waals surface area contributed by atoms with Crippen LogP contribution in [0.15, 0.2) is 30.5 Å². The van der Waals surface area contributed by atoms with Gasteiger partial charge in [0.05, 0.1) is 6.20 Å². The van der Waals surface area contributed by atoms with E-state index in [0.29, 0.717) is 12.2 Å². The van der Waals surface area contributed by atoms with Crippen LogP contribution in [-0.4, -0.2) is 30.2 Å². The highest BCUT2D eigenvalue weighted by Gasteiger charge is 2.06. The zero-order valence-electron chi connectivity index (χ0n) is 12.1. The molecule has 1 heterocycles. The van der Waals surface area contributed by atoms with Crippen LogP contribution in [0.1, 0.15) is 17.5 Å². The largest absolute Gasteiger partial charge is 0.378 e. The van der Waals surface area contributed by atoms with Crippen molar-refractivity contribution in [3.8, 4) is 0 Å². The number of rotatable bonds is 5. The highest BCUT2D eigenvalue weighted by Crippen LogP contribution is 2.14. The molecular formula is C15H20N4O. The molecule has 5 heteroatoms. The molecular weight excluding hydrogens is 252 g/mol.